The molecule has 0 spiro atoms. The van der Waals surface area contributed by atoms with Gasteiger partial charge in [-0.2, -0.15) is 0 Å². The van der Waals surface area contributed by atoms with Crippen LogP contribution >= 0.6 is 11.3 Å². The van der Waals surface area contributed by atoms with Gasteiger partial charge in [-0.3, -0.25) is 10.1 Å². The number of rotatable bonds is 2. The summed E-state index contributed by atoms with van der Waals surface area (Å²) in [5, 5.41) is 5.75. The fraction of sp³-hybridized carbons (Fsp3) is 0.100. The zero-order valence-corrected chi connectivity index (χ0v) is 14.3. The van der Waals surface area contributed by atoms with Crippen LogP contribution in [0.25, 0.3) is 21.0 Å². The van der Waals surface area contributed by atoms with Crippen molar-refractivity contribution in [2.75, 3.05) is 5.32 Å². The number of aromatic nitrogens is 1. The lowest BCUT2D eigenvalue weighted by Gasteiger charge is -2.03. The van der Waals surface area contributed by atoms with E-state index in [4.69, 9.17) is 0 Å². The van der Waals surface area contributed by atoms with Gasteiger partial charge in [-0.15, -0.1) is 0 Å². The molecule has 0 saturated heterocycles. The third-order valence-electron chi connectivity index (χ3n) is 4.32. The highest BCUT2D eigenvalue weighted by molar-refractivity contribution is 7.22. The van der Waals surface area contributed by atoms with Gasteiger partial charge in [0.05, 0.1) is 10.2 Å². The third kappa shape index (κ3) is 2.55. The van der Waals surface area contributed by atoms with Gasteiger partial charge in [0.1, 0.15) is 0 Å². The number of amides is 1. The summed E-state index contributed by atoms with van der Waals surface area (Å²) in [6.07, 6.45) is 0. The van der Waals surface area contributed by atoms with Crippen molar-refractivity contribution in [3.05, 3.63) is 71.3 Å². The van der Waals surface area contributed by atoms with E-state index < -0.39 is 0 Å². The molecule has 0 radical (unpaired) electrons. The molecule has 0 aliphatic rings. The molecule has 0 saturated carbocycles. The van der Waals surface area contributed by atoms with Crippen molar-refractivity contribution < 1.29 is 4.79 Å². The summed E-state index contributed by atoms with van der Waals surface area (Å²) in [5.74, 6) is -0.130. The number of aryl methyl sites for hydroxylation is 2. The Hall–Kier alpha value is -2.72. The van der Waals surface area contributed by atoms with E-state index in [2.05, 4.69) is 36.3 Å². The summed E-state index contributed by atoms with van der Waals surface area (Å²) in [5.41, 5.74) is 3.98. The van der Waals surface area contributed by atoms with Gasteiger partial charge in [0.2, 0.25) is 0 Å². The highest BCUT2D eigenvalue weighted by atomic mass is 32.1. The van der Waals surface area contributed by atoms with Crippen LogP contribution < -0.4 is 5.32 Å². The minimum atomic E-state index is -0.130. The molecule has 1 aromatic heterocycles. The van der Waals surface area contributed by atoms with Crippen LogP contribution in [0.15, 0.2) is 54.6 Å². The average molecular weight is 332 g/mol. The molecule has 0 bridgehead atoms. The zero-order valence-electron chi connectivity index (χ0n) is 13.5. The molecular weight excluding hydrogens is 316 g/mol. The molecule has 3 aromatic carbocycles. The van der Waals surface area contributed by atoms with E-state index >= 15 is 0 Å². The summed E-state index contributed by atoms with van der Waals surface area (Å²) in [7, 11) is 0. The molecule has 1 heterocycles. The molecule has 118 valence electrons. The van der Waals surface area contributed by atoms with Crippen LogP contribution in [0.3, 0.4) is 0 Å². The van der Waals surface area contributed by atoms with Gasteiger partial charge >= 0.3 is 0 Å². The first-order valence-corrected chi connectivity index (χ1v) is 8.60. The number of hydrogen-bond acceptors (Lipinski definition) is 3. The van der Waals surface area contributed by atoms with Crippen molar-refractivity contribution in [3.8, 4) is 0 Å². The normalized spacial score (nSPS) is 11.1. The SMILES string of the molecule is Cc1ccc2sc(NC(=O)c3ccc4ccccc4c3)nc2c1C. The van der Waals surface area contributed by atoms with Crippen molar-refractivity contribution in [3.63, 3.8) is 0 Å². The van der Waals surface area contributed by atoms with E-state index in [1.54, 1.807) is 0 Å². The molecule has 4 aromatic rings. The van der Waals surface area contributed by atoms with E-state index in [-0.39, 0.29) is 5.91 Å². The molecule has 4 rings (SSSR count). The van der Waals surface area contributed by atoms with Gasteiger partial charge in [0, 0.05) is 5.56 Å². The Labute approximate surface area is 144 Å². The van der Waals surface area contributed by atoms with E-state index in [1.165, 1.54) is 16.9 Å². The number of thiazole rings is 1. The first kappa shape index (κ1) is 14.8. The Kier molecular flexibility index (Phi) is 3.54. The first-order chi connectivity index (χ1) is 11.6. The molecule has 1 amide bonds. The first-order valence-electron chi connectivity index (χ1n) is 7.79. The highest BCUT2D eigenvalue weighted by Gasteiger charge is 2.12. The largest absolute Gasteiger partial charge is 0.298 e. The quantitative estimate of drug-likeness (QED) is 0.540. The maximum atomic E-state index is 12.5. The van der Waals surface area contributed by atoms with Crippen molar-refractivity contribution >= 4 is 43.4 Å². The van der Waals surface area contributed by atoms with E-state index in [0.717, 1.165) is 26.6 Å². The molecule has 0 fully saturated rings. The molecule has 0 unspecified atom stereocenters. The van der Waals surface area contributed by atoms with Crippen LogP contribution in [0.2, 0.25) is 0 Å². The number of fused-ring (bicyclic) bond motifs is 2. The monoisotopic (exact) mass is 332 g/mol. The van der Waals surface area contributed by atoms with E-state index in [1.807, 2.05) is 42.5 Å². The minimum absolute atomic E-state index is 0.130. The molecular formula is C20H16N2OS. The Morgan fingerprint density at radius 3 is 2.62 bits per heavy atom. The predicted molar refractivity (Wildman–Crippen MR) is 101 cm³/mol. The van der Waals surface area contributed by atoms with Crippen molar-refractivity contribution in [2.24, 2.45) is 0 Å². The lowest BCUT2D eigenvalue weighted by Crippen LogP contribution is -2.11. The second-order valence-electron chi connectivity index (χ2n) is 5.89. The van der Waals surface area contributed by atoms with E-state index in [0.29, 0.717) is 10.7 Å². The molecule has 24 heavy (non-hydrogen) atoms. The fourth-order valence-electron chi connectivity index (χ4n) is 2.78. The second kappa shape index (κ2) is 5.73. The van der Waals surface area contributed by atoms with Crippen LogP contribution in [-0.4, -0.2) is 10.9 Å². The molecule has 4 heteroatoms. The summed E-state index contributed by atoms with van der Waals surface area (Å²) < 4.78 is 1.09. The van der Waals surface area contributed by atoms with Crippen molar-refractivity contribution in [1.82, 2.24) is 4.98 Å². The lowest BCUT2D eigenvalue weighted by atomic mass is 10.1. The van der Waals surface area contributed by atoms with Gasteiger partial charge in [-0.25, -0.2) is 4.98 Å². The second-order valence-corrected chi connectivity index (χ2v) is 6.92. The topological polar surface area (TPSA) is 42.0 Å². The molecule has 1 N–H and O–H groups in total. The molecule has 0 aliphatic carbocycles. The van der Waals surface area contributed by atoms with Gasteiger partial charge in [0.25, 0.3) is 5.91 Å². The smallest absolute Gasteiger partial charge is 0.257 e. The Morgan fingerprint density at radius 2 is 1.79 bits per heavy atom. The highest BCUT2D eigenvalue weighted by Crippen LogP contribution is 2.30. The lowest BCUT2D eigenvalue weighted by molar-refractivity contribution is 0.102. The van der Waals surface area contributed by atoms with E-state index in [9.17, 15) is 4.79 Å². The number of nitrogens with zero attached hydrogens (tertiary/aromatic N) is 1. The Balaban J connectivity index is 1.66. The number of nitrogens with one attached hydrogen (secondary N) is 1. The standard InChI is InChI=1S/C20H16N2OS/c1-12-7-10-17-18(13(12)2)21-20(24-17)22-19(23)16-9-8-14-5-3-4-6-15(14)11-16/h3-11H,1-2H3,(H,21,22,23). The van der Waals surface area contributed by atoms with Gasteiger partial charge in [-0.1, -0.05) is 47.7 Å². The Morgan fingerprint density at radius 1 is 1.00 bits per heavy atom. The molecule has 3 nitrogen and oxygen atoms in total. The number of carbonyl (C=O) groups is 1. The zero-order chi connectivity index (χ0) is 16.7. The molecule has 0 atom stereocenters. The number of hydrogen-bond donors (Lipinski definition) is 1. The number of carbonyl (C=O) groups excluding carboxylic acids is 1. The van der Waals surface area contributed by atoms with Gasteiger partial charge in [0.15, 0.2) is 5.13 Å². The maximum Gasteiger partial charge on any atom is 0.257 e. The van der Waals surface area contributed by atoms with Crippen LogP contribution in [0.5, 0.6) is 0 Å². The molecule has 0 aliphatic heterocycles. The number of benzene rings is 3. The van der Waals surface area contributed by atoms with Crippen molar-refractivity contribution in [2.45, 2.75) is 13.8 Å². The van der Waals surface area contributed by atoms with Crippen LogP contribution in [0.1, 0.15) is 21.5 Å². The van der Waals surface area contributed by atoms with Crippen molar-refractivity contribution in [1.29, 1.82) is 0 Å². The summed E-state index contributed by atoms with van der Waals surface area (Å²) in [6, 6.07) is 17.9. The fourth-order valence-corrected chi connectivity index (χ4v) is 3.70. The summed E-state index contributed by atoms with van der Waals surface area (Å²) in [6.45, 7) is 4.13. The minimum Gasteiger partial charge on any atom is -0.298 e. The van der Waals surface area contributed by atoms with Crippen LogP contribution in [0, 0.1) is 13.8 Å². The summed E-state index contributed by atoms with van der Waals surface area (Å²) in [4.78, 5) is 17.1. The maximum absolute atomic E-state index is 12.5. The Bertz CT molecular complexity index is 1080. The average Bonchev–Trinajstić information content (AvgIpc) is 3.01. The number of anilines is 1. The van der Waals surface area contributed by atoms with Gasteiger partial charge in [-0.05, 0) is 53.9 Å². The third-order valence-corrected chi connectivity index (χ3v) is 5.25. The van der Waals surface area contributed by atoms with Gasteiger partial charge < -0.3 is 0 Å². The van der Waals surface area contributed by atoms with Crippen LogP contribution in [0.4, 0.5) is 5.13 Å². The predicted octanol–water partition coefficient (Wildman–Crippen LogP) is 5.32. The van der Waals surface area contributed by atoms with Crippen LogP contribution in [-0.2, 0) is 0 Å². The summed E-state index contributed by atoms with van der Waals surface area (Å²) >= 11 is 1.50.